The fourth-order valence-electron chi connectivity index (χ4n) is 3.66. The van der Waals surface area contributed by atoms with Crippen LogP contribution in [0.25, 0.3) is 6.08 Å². The molecule has 0 aliphatic heterocycles. The number of ether oxygens (including phenoxy) is 1. The standard InChI is InChI=1S/C28H37N3O5/c1-8-19-10-9-11-21(16-19)24(25(33)29-18(2)3)31(7)26(34)23(30-27(35)36-28(4,5)6)17-20-12-14-22(32)15-13-20/h8-16,18,23-24,32H,1,17H2,2-7H3,(H,29,33)(H,30,35). The Morgan fingerprint density at radius 3 is 2.28 bits per heavy atom. The highest BCUT2D eigenvalue weighted by atomic mass is 16.6. The van der Waals surface area contributed by atoms with Gasteiger partial charge in [0.2, 0.25) is 11.8 Å². The Kier molecular flexibility index (Phi) is 9.67. The molecule has 0 fully saturated rings. The van der Waals surface area contributed by atoms with Gasteiger partial charge < -0.3 is 25.4 Å². The Morgan fingerprint density at radius 1 is 1.08 bits per heavy atom. The quantitative estimate of drug-likeness (QED) is 0.483. The van der Waals surface area contributed by atoms with Gasteiger partial charge in [-0.05, 0) is 69.5 Å². The number of phenolic OH excluding ortho intramolecular Hbond substituents is 1. The van der Waals surface area contributed by atoms with Crippen molar-refractivity contribution in [2.75, 3.05) is 7.05 Å². The van der Waals surface area contributed by atoms with E-state index in [0.717, 1.165) is 5.56 Å². The number of nitrogens with zero attached hydrogens (tertiary/aromatic N) is 1. The van der Waals surface area contributed by atoms with Gasteiger partial charge in [-0.2, -0.15) is 0 Å². The fourth-order valence-corrected chi connectivity index (χ4v) is 3.66. The first kappa shape index (κ1) is 28.4. The third kappa shape index (κ3) is 8.45. The van der Waals surface area contributed by atoms with Crippen LogP contribution in [0, 0.1) is 0 Å². The molecule has 2 aromatic rings. The van der Waals surface area contributed by atoms with Gasteiger partial charge in [-0.3, -0.25) is 9.59 Å². The molecule has 0 spiro atoms. The van der Waals surface area contributed by atoms with Gasteiger partial charge >= 0.3 is 6.09 Å². The monoisotopic (exact) mass is 495 g/mol. The number of rotatable bonds is 9. The van der Waals surface area contributed by atoms with E-state index in [0.29, 0.717) is 11.1 Å². The van der Waals surface area contributed by atoms with Crippen molar-refractivity contribution in [1.82, 2.24) is 15.5 Å². The van der Waals surface area contributed by atoms with Crippen molar-refractivity contribution >= 4 is 24.0 Å². The van der Waals surface area contributed by atoms with E-state index in [1.165, 1.54) is 24.1 Å². The Morgan fingerprint density at radius 2 is 1.72 bits per heavy atom. The smallest absolute Gasteiger partial charge is 0.408 e. The minimum Gasteiger partial charge on any atom is -0.508 e. The molecule has 2 aromatic carbocycles. The summed E-state index contributed by atoms with van der Waals surface area (Å²) in [5.74, 6) is -0.726. The number of likely N-dealkylation sites (N-methyl/N-ethyl adjacent to an activating group) is 1. The molecule has 0 heterocycles. The molecule has 0 aliphatic rings. The number of aromatic hydroxyl groups is 1. The number of hydrogen-bond acceptors (Lipinski definition) is 5. The van der Waals surface area contributed by atoms with Crippen molar-refractivity contribution < 1.29 is 24.2 Å². The molecule has 0 radical (unpaired) electrons. The van der Waals surface area contributed by atoms with Gasteiger partial charge in [0.1, 0.15) is 23.4 Å². The lowest BCUT2D eigenvalue weighted by atomic mass is 9.99. The van der Waals surface area contributed by atoms with Crippen LogP contribution < -0.4 is 10.6 Å². The van der Waals surface area contributed by atoms with E-state index < -0.39 is 29.7 Å². The summed E-state index contributed by atoms with van der Waals surface area (Å²) in [6.07, 6.45) is 1.05. The van der Waals surface area contributed by atoms with E-state index in [9.17, 15) is 19.5 Å². The summed E-state index contributed by atoms with van der Waals surface area (Å²) < 4.78 is 5.38. The van der Waals surface area contributed by atoms with Gasteiger partial charge in [-0.1, -0.05) is 43.0 Å². The van der Waals surface area contributed by atoms with Crippen LogP contribution >= 0.6 is 0 Å². The Bertz CT molecular complexity index is 1070. The van der Waals surface area contributed by atoms with Crippen LogP contribution in [-0.4, -0.2) is 52.6 Å². The zero-order valence-corrected chi connectivity index (χ0v) is 21.9. The van der Waals surface area contributed by atoms with Crippen LogP contribution in [0.4, 0.5) is 4.79 Å². The molecule has 2 unspecified atom stereocenters. The molecule has 36 heavy (non-hydrogen) atoms. The van der Waals surface area contributed by atoms with Crippen LogP contribution in [0.5, 0.6) is 5.75 Å². The SMILES string of the molecule is C=Cc1cccc(C(C(=O)NC(C)C)N(C)C(=O)C(Cc2ccc(O)cc2)NC(=O)OC(C)(C)C)c1. The zero-order chi connectivity index (χ0) is 27.0. The number of benzene rings is 2. The van der Waals surface area contributed by atoms with Crippen molar-refractivity contribution in [2.24, 2.45) is 0 Å². The normalized spacial score (nSPS) is 12.9. The highest BCUT2D eigenvalue weighted by Gasteiger charge is 2.34. The van der Waals surface area contributed by atoms with Crippen LogP contribution in [0.1, 0.15) is 57.4 Å². The van der Waals surface area contributed by atoms with Crippen LogP contribution in [0.3, 0.4) is 0 Å². The van der Waals surface area contributed by atoms with E-state index in [-0.39, 0.29) is 24.1 Å². The number of carbonyl (C=O) groups is 3. The summed E-state index contributed by atoms with van der Waals surface area (Å²) in [7, 11) is 1.54. The number of amides is 3. The van der Waals surface area contributed by atoms with E-state index in [2.05, 4.69) is 17.2 Å². The second-order valence-corrected chi connectivity index (χ2v) is 9.96. The third-order valence-electron chi connectivity index (χ3n) is 5.24. The average molecular weight is 496 g/mol. The van der Waals surface area contributed by atoms with E-state index in [4.69, 9.17) is 4.74 Å². The number of phenols is 1. The van der Waals surface area contributed by atoms with Gasteiger partial charge in [-0.15, -0.1) is 0 Å². The molecule has 8 nitrogen and oxygen atoms in total. The highest BCUT2D eigenvalue weighted by molar-refractivity contribution is 5.92. The molecule has 3 N–H and O–H groups in total. The van der Waals surface area contributed by atoms with E-state index in [1.54, 1.807) is 57.2 Å². The Hall–Kier alpha value is -3.81. The van der Waals surface area contributed by atoms with E-state index >= 15 is 0 Å². The second-order valence-electron chi connectivity index (χ2n) is 9.96. The molecule has 0 aliphatic carbocycles. The number of hydrogen-bond donors (Lipinski definition) is 3. The molecule has 0 saturated carbocycles. The van der Waals surface area contributed by atoms with Crippen LogP contribution in [-0.2, 0) is 20.7 Å². The molecule has 2 atom stereocenters. The van der Waals surface area contributed by atoms with Crippen molar-refractivity contribution in [1.29, 1.82) is 0 Å². The lowest BCUT2D eigenvalue weighted by Crippen LogP contribution is -2.53. The number of alkyl carbamates (subject to hydrolysis) is 1. The highest BCUT2D eigenvalue weighted by Crippen LogP contribution is 2.24. The minimum atomic E-state index is -1.02. The maximum atomic E-state index is 13.8. The topological polar surface area (TPSA) is 108 Å². The van der Waals surface area contributed by atoms with Crippen LogP contribution in [0.15, 0.2) is 55.1 Å². The summed E-state index contributed by atoms with van der Waals surface area (Å²) in [6.45, 7) is 12.7. The molecule has 8 heteroatoms. The predicted octanol–water partition coefficient (Wildman–Crippen LogP) is 4.20. The predicted molar refractivity (Wildman–Crippen MR) is 140 cm³/mol. The maximum Gasteiger partial charge on any atom is 0.408 e. The molecular formula is C28H37N3O5. The van der Waals surface area contributed by atoms with Crippen molar-refractivity contribution in [3.05, 3.63) is 71.8 Å². The molecule has 0 aromatic heterocycles. The number of carbonyl (C=O) groups excluding carboxylic acids is 3. The molecule has 2 rings (SSSR count). The summed E-state index contributed by atoms with van der Waals surface area (Å²) in [4.78, 5) is 41.0. The van der Waals surface area contributed by atoms with Gasteiger partial charge in [0.25, 0.3) is 0 Å². The first-order valence-electron chi connectivity index (χ1n) is 11.9. The van der Waals surface area contributed by atoms with Crippen molar-refractivity contribution in [3.8, 4) is 5.75 Å². The average Bonchev–Trinajstić information content (AvgIpc) is 2.78. The van der Waals surface area contributed by atoms with Gasteiger partial charge in [0, 0.05) is 19.5 Å². The Balaban J connectivity index is 2.43. The third-order valence-corrected chi connectivity index (χ3v) is 5.24. The molecule has 3 amide bonds. The molecular weight excluding hydrogens is 458 g/mol. The summed E-state index contributed by atoms with van der Waals surface area (Å²) in [5.41, 5.74) is 1.38. The van der Waals surface area contributed by atoms with Gasteiger partial charge in [0.15, 0.2) is 0 Å². The largest absolute Gasteiger partial charge is 0.508 e. The van der Waals surface area contributed by atoms with Crippen LogP contribution in [0.2, 0.25) is 0 Å². The lowest BCUT2D eigenvalue weighted by Gasteiger charge is -2.32. The summed E-state index contributed by atoms with van der Waals surface area (Å²) >= 11 is 0. The molecule has 0 saturated heterocycles. The van der Waals surface area contributed by atoms with Crippen molar-refractivity contribution in [3.63, 3.8) is 0 Å². The first-order valence-corrected chi connectivity index (χ1v) is 11.9. The maximum absolute atomic E-state index is 13.8. The van der Waals surface area contributed by atoms with Gasteiger partial charge in [0.05, 0.1) is 0 Å². The lowest BCUT2D eigenvalue weighted by molar-refractivity contribution is -0.141. The zero-order valence-electron chi connectivity index (χ0n) is 21.9. The Labute approximate surface area is 213 Å². The second kappa shape index (κ2) is 12.2. The van der Waals surface area contributed by atoms with E-state index in [1.807, 2.05) is 19.9 Å². The molecule has 194 valence electrons. The molecule has 0 bridgehead atoms. The van der Waals surface area contributed by atoms with Gasteiger partial charge in [-0.25, -0.2) is 4.79 Å². The fraction of sp³-hybridized carbons (Fsp3) is 0.393. The van der Waals surface area contributed by atoms with Crippen molar-refractivity contribution in [2.45, 2.75) is 64.8 Å². The number of nitrogens with one attached hydrogen (secondary N) is 2. The summed E-state index contributed by atoms with van der Waals surface area (Å²) in [6, 6.07) is 11.5. The minimum absolute atomic E-state index is 0.0892. The summed E-state index contributed by atoms with van der Waals surface area (Å²) in [5, 5.41) is 15.2. The first-order chi connectivity index (χ1) is 16.8.